The van der Waals surface area contributed by atoms with Gasteiger partial charge in [-0.2, -0.15) is 0 Å². The van der Waals surface area contributed by atoms with Crippen LogP contribution >= 0.6 is 0 Å². The molecule has 3 rings (SSSR count). The fourth-order valence-corrected chi connectivity index (χ4v) is 2.59. The van der Waals surface area contributed by atoms with Gasteiger partial charge < -0.3 is 10.6 Å². The lowest BCUT2D eigenvalue weighted by molar-refractivity contribution is -0.134. The van der Waals surface area contributed by atoms with Crippen LogP contribution in [-0.4, -0.2) is 35.8 Å². The van der Waals surface area contributed by atoms with Crippen LogP contribution in [0.15, 0.2) is 30.3 Å². The molecule has 1 aliphatic carbocycles. The van der Waals surface area contributed by atoms with Crippen molar-refractivity contribution in [1.82, 2.24) is 15.5 Å². The van der Waals surface area contributed by atoms with Gasteiger partial charge in [0.05, 0.1) is 0 Å². The van der Waals surface area contributed by atoms with Crippen molar-refractivity contribution in [1.29, 1.82) is 0 Å². The van der Waals surface area contributed by atoms with Gasteiger partial charge in [-0.15, -0.1) is 0 Å². The van der Waals surface area contributed by atoms with Crippen LogP contribution < -0.4 is 10.6 Å². The Morgan fingerprint density at radius 2 is 2.00 bits per heavy atom. The van der Waals surface area contributed by atoms with E-state index in [9.17, 15) is 14.4 Å². The second-order valence-electron chi connectivity index (χ2n) is 6.06. The number of urea groups is 1. The van der Waals surface area contributed by atoms with Gasteiger partial charge in [-0.3, -0.25) is 14.5 Å². The molecule has 4 amide bonds. The molecule has 1 aliphatic heterocycles. The number of nitrogens with one attached hydrogen (secondary N) is 2. The Kier molecular flexibility index (Phi) is 3.60. The summed E-state index contributed by atoms with van der Waals surface area (Å²) in [7, 11) is 0. The number of carbonyl (C=O) groups is 3. The molecule has 1 saturated heterocycles. The first kappa shape index (κ1) is 14.6. The quantitative estimate of drug-likeness (QED) is 0.796. The largest absolute Gasteiger partial charge is 0.354 e. The molecule has 2 aliphatic rings. The van der Waals surface area contributed by atoms with Crippen molar-refractivity contribution in [2.24, 2.45) is 5.92 Å². The molecule has 22 heavy (non-hydrogen) atoms. The van der Waals surface area contributed by atoms with Crippen LogP contribution in [0.3, 0.4) is 0 Å². The number of amides is 4. The third kappa shape index (κ3) is 2.68. The molecule has 0 radical (unpaired) electrons. The number of rotatable bonds is 5. The Bertz CT molecular complexity index is 612. The summed E-state index contributed by atoms with van der Waals surface area (Å²) in [6.45, 7) is 2.04. The van der Waals surface area contributed by atoms with Crippen molar-refractivity contribution in [3.8, 4) is 0 Å². The van der Waals surface area contributed by atoms with E-state index >= 15 is 0 Å². The van der Waals surface area contributed by atoms with E-state index in [-0.39, 0.29) is 12.5 Å². The maximum absolute atomic E-state index is 12.6. The zero-order chi connectivity index (χ0) is 15.7. The van der Waals surface area contributed by atoms with Gasteiger partial charge in [0.1, 0.15) is 12.1 Å². The Labute approximate surface area is 128 Å². The van der Waals surface area contributed by atoms with Crippen LogP contribution in [0.5, 0.6) is 0 Å². The van der Waals surface area contributed by atoms with E-state index < -0.39 is 17.5 Å². The molecule has 1 atom stereocenters. The summed E-state index contributed by atoms with van der Waals surface area (Å²) in [5, 5.41) is 5.45. The second kappa shape index (κ2) is 5.44. The number of carbonyl (C=O) groups excluding carboxylic acids is 3. The van der Waals surface area contributed by atoms with E-state index in [1.54, 1.807) is 19.1 Å². The molecular weight excluding hydrogens is 282 g/mol. The molecule has 1 aromatic rings. The van der Waals surface area contributed by atoms with Gasteiger partial charge in [0, 0.05) is 6.54 Å². The minimum Gasteiger partial charge on any atom is -0.354 e. The molecule has 0 aromatic heterocycles. The number of nitrogens with zero attached hydrogens (tertiary/aromatic N) is 1. The van der Waals surface area contributed by atoms with Crippen LogP contribution in [0, 0.1) is 5.92 Å². The van der Waals surface area contributed by atoms with Crippen LogP contribution in [0.1, 0.15) is 25.3 Å². The van der Waals surface area contributed by atoms with Crippen molar-refractivity contribution in [3.05, 3.63) is 35.9 Å². The molecule has 116 valence electrons. The lowest BCUT2D eigenvalue weighted by Gasteiger charge is -2.22. The highest BCUT2D eigenvalue weighted by atomic mass is 16.2. The zero-order valence-electron chi connectivity index (χ0n) is 12.5. The van der Waals surface area contributed by atoms with Crippen LogP contribution in [-0.2, 0) is 15.1 Å². The summed E-state index contributed by atoms with van der Waals surface area (Å²) in [5.41, 5.74) is -0.413. The molecule has 0 bridgehead atoms. The van der Waals surface area contributed by atoms with E-state index in [1.807, 2.05) is 18.2 Å². The summed E-state index contributed by atoms with van der Waals surface area (Å²) in [6, 6.07) is 8.51. The van der Waals surface area contributed by atoms with Crippen molar-refractivity contribution < 1.29 is 14.4 Å². The van der Waals surface area contributed by atoms with Gasteiger partial charge in [0.2, 0.25) is 5.91 Å². The first-order chi connectivity index (χ1) is 10.5. The summed E-state index contributed by atoms with van der Waals surface area (Å²) in [5.74, 6) is -0.139. The Balaban J connectivity index is 1.69. The Morgan fingerprint density at radius 1 is 1.32 bits per heavy atom. The molecular formula is C16H19N3O3. The molecule has 1 heterocycles. The van der Waals surface area contributed by atoms with Gasteiger partial charge >= 0.3 is 6.03 Å². The van der Waals surface area contributed by atoms with Crippen LogP contribution in [0.4, 0.5) is 4.79 Å². The highest BCUT2D eigenvalue weighted by Crippen LogP contribution is 2.29. The average Bonchev–Trinajstić information content (AvgIpc) is 3.31. The van der Waals surface area contributed by atoms with Gasteiger partial charge in [0.15, 0.2) is 0 Å². The van der Waals surface area contributed by atoms with E-state index in [4.69, 9.17) is 0 Å². The van der Waals surface area contributed by atoms with Gasteiger partial charge in [-0.1, -0.05) is 30.3 Å². The van der Waals surface area contributed by atoms with Gasteiger partial charge in [0.25, 0.3) is 5.91 Å². The standard InChI is InChI=1S/C16H19N3O3/c1-16(12-5-3-2-4-6-12)14(21)19(15(22)18-16)10-13(20)17-9-11-7-8-11/h2-6,11H,7-10H2,1H3,(H,17,20)(H,18,22)/t16-/m0/s1. The Hall–Kier alpha value is -2.37. The summed E-state index contributed by atoms with van der Waals surface area (Å²) in [6.07, 6.45) is 2.27. The predicted octanol–water partition coefficient (Wildman–Crippen LogP) is 0.980. The van der Waals surface area contributed by atoms with Gasteiger partial charge in [-0.25, -0.2) is 4.79 Å². The minimum absolute atomic E-state index is 0.236. The third-order valence-electron chi connectivity index (χ3n) is 4.21. The van der Waals surface area contributed by atoms with Crippen molar-refractivity contribution in [2.45, 2.75) is 25.3 Å². The topological polar surface area (TPSA) is 78.5 Å². The highest BCUT2D eigenvalue weighted by molar-refractivity contribution is 6.09. The van der Waals surface area contributed by atoms with Gasteiger partial charge in [-0.05, 0) is 31.2 Å². The summed E-state index contributed by atoms with van der Waals surface area (Å²) >= 11 is 0. The smallest absolute Gasteiger partial charge is 0.325 e. The van der Waals surface area contributed by atoms with E-state index in [0.29, 0.717) is 18.0 Å². The molecule has 0 spiro atoms. The maximum Gasteiger partial charge on any atom is 0.325 e. The fourth-order valence-electron chi connectivity index (χ4n) is 2.59. The Morgan fingerprint density at radius 3 is 2.64 bits per heavy atom. The SMILES string of the molecule is C[C@@]1(c2ccccc2)NC(=O)N(CC(=O)NCC2CC2)C1=O. The van der Waals surface area contributed by atoms with E-state index in [2.05, 4.69) is 10.6 Å². The molecule has 6 heteroatoms. The van der Waals surface area contributed by atoms with Crippen molar-refractivity contribution in [3.63, 3.8) is 0 Å². The highest BCUT2D eigenvalue weighted by Gasteiger charge is 2.49. The number of hydrogen-bond acceptors (Lipinski definition) is 3. The first-order valence-electron chi connectivity index (χ1n) is 7.47. The molecule has 1 saturated carbocycles. The first-order valence-corrected chi connectivity index (χ1v) is 7.47. The maximum atomic E-state index is 12.6. The average molecular weight is 301 g/mol. The zero-order valence-corrected chi connectivity index (χ0v) is 12.5. The van der Waals surface area contributed by atoms with Crippen LogP contribution in [0.2, 0.25) is 0 Å². The molecule has 6 nitrogen and oxygen atoms in total. The second-order valence-corrected chi connectivity index (χ2v) is 6.06. The normalized spacial score (nSPS) is 24.3. The summed E-state index contributed by atoms with van der Waals surface area (Å²) in [4.78, 5) is 37.5. The molecule has 0 unspecified atom stereocenters. The number of benzene rings is 1. The monoisotopic (exact) mass is 301 g/mol. The van der Waals surface area contributed by atoms with E-state index in [1.165, 1.54) is 0 Å². The summed E-state index contributed by atoms with van der Waals surface area (Å²) < 4.78 is 0. The predicted molar refractivity (Wildman–Crippen MR) is 79.8 cm³/mol. The third-order valence-corrected chi connectivity index (χ3v) is 4.21. The lowest BCUT2D eigenvalue weighted by atomic mass is 9.92. The van der Waals surface area contributed by atoms with Crippen LogP contribution in [0.25, 0.3) is 0 Å². The number of hydrogen-bond donors (Lipinski definition) is 2. The number of imide groups is 1. The lowest BCUT2D eigenvalue weighted by Crippen LogP contribution is -2.43. The molecule has 1 aromatic carbocycles. The van der Waals surface area contributed by atoms with Crippen molar-refractivity contribution in [2.75, 3.05) is 13.1 Å². The van der Waals surface area contributed by atoms with Crippen molar-refractivity contribution >= 4 is 17.8 Å². The minimum atomic E-state index is -1.12. The molecule has 2 N–H and O–H groups in total. The molecule has 2 fully saturated rings. The van der Waals surface area contributed by atoms with E-state index in [0.717, 1.165) is 17.7 Å². The fraction of sp³-hybridized carbons (Fsp3) is 0.438.